The first-order chi connectivity index (χ1) is 13.3. The Morgan fingerprint density at radius 1 is 1.18 bits per heavy atom. The molecule has 0 radical (unpaired) electrons. The summed E-state index contributed by atoms with van der Waals surface area (Å²) in [4.78, 5) is 14.1. The zero-order chi connectivity index (χ0) is 20.1. The van der Waals surface area contributed by atoms with Crippen molar-refractivity contribution in [1.82, 2.24) is 4.90 Å². The van der Waals surface area contributed by atoms with Crippen molar-refractivity contribution in [3.05, 3.63) is 54.0 Å². The number of ether oxygens (including phenoxy) is 1. The molecule has 2 aromatic rings. The molecule has 2 heterocycles. The van der Waals surface area contributed by atoms with Gasteiger partial charge in [-0.3, -0.25) is 4.79 Å². The van der Waals surface area contributed by atoms with E-state index in [1.807, 2.05) is 24.3 Å². The van der Waals surface area contributed by atoms with Crippen LogP contribution in [0.15, 0.2) is 47.1 Å². The molecule has 1 fully saturated rings. The fraction of sp³-hybridized carbons (Fsp3) is 0.476. The fourth-order valence-corrected chi connectivity index (χ4v) is 5.09. The molecule has 1 aliphatic rings. The molecule has 0 spiro atoms. The van der Waals surface area contributed by atoms with Crippen LogP contribution >= 0.6 is 0 Å². The number of piperidine rings is 1. The zero-order valence-electron chi connectivity index (χ0n) is 16.3. The molecule has 0 N–H and O–H groups in total. The SMILES string of the molecule is CC(C)c1ccc(OCC(=O)N2CCC(S(=O)(=O)Cc3ccco3)CC2)cc1. The molecule has 1 amide bonds. The highest BCUT2D eigenvalue weighted by atomic mass is 32.2. The van der Waals surface area contributed by atoms with Gasteiger partial charge in [0.2, 0.25) is 0 Å². The molecule has 1 aliphatic heterocycles. The number of furan rings is 1. The maximum absolute atomic E-state index is 12.5. The lowest BCUT2D eigenvalue weighted by Crippen LogP contribution is -2.44. The van der Waals surface area contributed by atoms with Crippen LogP contribution < -0.4 is 4.74 Å². The molecule has 1 saturated heterocycles. The molecule has 1 aromatic carbocycles. The molecule has 1 aromatic heterocycles. The van der Waals surface area contributed by atoms with E-state index in [1.54, 1.807) is 17.0 Å². The second-order valence-electron chi connectivity index (χ2n) is 7.48. The second kappa shape index (κ2) is 8.82. The molecule has 7 heteroatoms. The van der Waals surface area contributed by atoms with E-state index in [1.165, 1.54) is 11.8 Å². The lowest BCUT2D eigenvalue weighted by molar-refractivity contribution is -0.134. The summed E-state index contributed by atoms with van der Waals surface area (Å²) in [5, 5.41) is -0.439. The Labute approximate surface area is 166 Å². The Morgan fingerprint density at radius 2 is 1.86 bits per heavy atom. The molecule has 0 bridgehead atoms. The smallest absolute Gasteiger partial charge is 0.260 e. The largest absolute Gasteiger partial charge is 0.484 e. The van der Waals surface area contributed by atoms with Gasteiger partial charge in [-0.05, 0) is 48.6 Å². The van der Waals surface area contributed by atoms with Gasteiger partial charge in [0.1, 0.15) is 17.3 Å². The highest BCUT2D eigenvalue weighted by Crippen LogP contribution is 2.22. The van der Waals surface area contributed by atoms with Crippen LogP contribution in [0.25, 0.3) is 0 Å². The number of carbonyl (C=O) groups excluding carboxylic acids is 1. The van der Waals surface area contributed by atoms with E-state index in [-0.39, 0.29) is 18.3 Å². The van der Waals surface area contributed by atoms with Crippen molar-refractivity contribution in [1.29, 1.82) is 0 Å². The summed E-state index contributed by atoms with van der Waals surface area (Å²) in [6, 6.07) is 11.1. The van der Waals surface area contributed by atoms with Gasteiger partial charge in [-0.2, -0.15) is 0 Å². The molecule has 0 atom stereocenters. The van der Waals surface area contributed by atoms with Gasteiger partial charge in [0.15, 0.2) is 16.4 Å². The molecule has 6 nitrogen and oxygen atoms in total. The number of carbonyl (C=O) groups is 1. The first-order valence-electron chi connectivity index (χ1n) is 9.59. The van der Waals surface area contributed by atoms with Crippen molar-refractivity contribution in [2.45, 2.75) is 43.6 Å². The number of rotatable bonds is 7. The third-order valence-electron chi connectivity index (χ3n) is 5.14. The van der Waals surface area contributed by atoms with E-state index in [0.717, 1.165) is 0 Å². The number of hydrogen-bond acceptors (Lipinski definition) is 5. The summed E-state index contributed by atoms with van der Waals surface area (Å²) in [6.07, 6.45) is 2.36. The summed E-state index contributed by atoms with van der Waals surface area (Å²) in [6.45, 7) is 5.06. The lowest BCUT2D eigenvalue weighted by atomic mass is 10.0. The first kappa shape index (κ1) is 20.5. The average Bonchev–Trinajstić information content (AvgIpc) is 3.19. The van der Waals surface area contributed by atoms with Crippen molar-refractivity contribution in [2.75, 3.05) is 19.7 Å². The molecule has 3 rings (SSSR count). The van der Waals surface area contributed by atoms with Gasteiger partial charge < -0.3 is 14.1 Å². The Morgan fingerprint density at radius 3 is 2.43 bits per heavy atom. The summed E-state index contributed by atoms with van der Waals surface area (Å²) in [7, 11) is -3.28. The van der Waals surface area contributed by atoms with E-state index >= 15 is 0 Å². The van der Waals surface area contributed by atoms with Crippen molar-refractivity contribution in [3.8, 4) is 5.75 Å². The quantitative estimate of drug-likeness (QED) is 0.706. The zero-order valence-corrected chi connectivity index (χ0v) is 17.2. The standard InChI is InChI=1S/C21H27NO5S/c1-16(2)17-5-7-18(8-6-17)27-14-21(23)22-11-9-20(10-12-22)28(24,25)15-19-4-3-13-26-19/h3-8,13,16,20H,9-12,14-15H2,1-2H3. The van der Waals surface area contributed by atoms with Gasteiger partial charge in [0.05, 0.1) is 11.5 Å². The number of nitrogens with zero attached hydrogens (tertiary/aromatic N) is 1. The van der Waals surface area contributed by atoms with Crippen molar-refractivity contribution < 1.29 is 22.4 Å². The molecular formula is C21H27NO5S. The summed E-state index contributed by atoms with van der Waals surface area (Å²) < 4.78 is 35.8. The first-order valence-corrected chi connectivity index (χ1v) is 11.3. The van der Waals surface area contributed by atoms with Crippen molar-refractivity contribution >= 4 is 15.7 Å². The Balaban J connectivity index is 1.47. The summed E-state index contributed by atoms with van der Waals surface area (Å²) in [5.74, 6) is 1.36. The Hall–Kier alpha value is -2.28. The van der Waals surface area contributed by atoms with E-state index in [9.17, 15) is 13.2 Å². The van der Waals surface area contributed by atoms with Crippen molar-refractivity contribution in [3.63, 3.8) is 0 Å². The van der Waals surface area contributed by atoms with Crippen LogP contribution in [0.5, 0.6) is 5.75 Å². The second-order valence-corrected chi connectivity index (χ2v) is 9.76. The van der Waals surface area contributed by atoms with Crippen LogP contribution in [-0.4, -0.2) is 44.2 Å². The Kier molecular flexibility index (Phi) is 6.44. The van der Waals surface area contributed by atoms with Crippen LogP contribution in [-0.2, 0) is 20.4 Å². The number of likely N-dealkylation sites (tertiary alicyclic amines) is 1. The van der Waals surface area contributed by atoms with Crippen molar-refractivity contribution in [2.24, 2.45) is 0 Å². The van der Waals surface area contributed by atoms with Crippen LogP contribution in [0.3, 0.4) is 0 Å². The van der Waals surface area contributed by atoms with Crippen LogP contribution in [0.4, 0.5) is 0 Å². The van der Waals surface area contributed by atoms with E-state index in [2.05, 4.69) is 13.8 Å². The molecular weight excluding hydrogens is 378 g/mol. The summed E-state index contributed by atoms with van der Waals surface area (Å²) >= 11 is 0. The van der Waals surface area contributed by atoms with Gasteiger partial charge in [-0.15, -0.1) is 0 Å². The normalized spacial score (nSPS) is 15.8. The topological polar surface area (TPSA) is 76.8 Å². The molecule has 28 heavy (non-hydrogen) atoms. The fourth-order valence-electron chi connectivity index (χ4n) is 3.36. The van der Waals surface area contributed by atoms with Crippen LogP contribution in [0.2, 0.25) is 0 Å². The maximum atomic E-state index is 12.5. The predicted octanol–water partition coefficient (Wildman–Crippen LogP) is 3.39. The predicted molar refractivity (Wildman–Crippen MR) is 107 cm³/mol. The highest BCUT2D eigenvalue weighted by molar-refractivity contribution is 7.91. The molecule has 0 unspecified atom stereocenters. The minimum Gasteiger partial charge on any atom is -0.484 e. The average molecular weight is 406 g/mol. The van der Waals surface area contributed by atoms with E-state index < -0.39 is 15.1 Å². The van der Waals surface area contributed by atoms with E-state index in [4.69, 9.17) is 9.15 Å². The maximum Gasteiger partial charge on any atom is 0.260 e. The number of amides is 1. The monoisotopic (exact) mass is 405 g/mol. The Bertz CT molecular complexity index is 864. The number of benzene rings is 1. The van der Waals surface area contributed by atoms with Gasteiger partial charge in [-0.1, -0.05) is 26.0 Å². The van der Waals surface area contributed by atoms with Crippen LogP contribution in [0, 0.1) is 0 Å². The number of sulfone groups is 1. The molecule has 0 saturated carbocycles. The van der Waals surface area contributed by atoms with Gasteiger partial charge in [-0.25, -0.2) is 8.42 Å². The minimum absolute atomic E-state index is 0.0369. The van der Waals surface area contributed by atoms with Crippen LogP contribution in [0.1, 0.15) is 43.9 Å². The van der Waals surface area contributed by atoms with Gasteiger partial charge in [0, 0.05) is 13.1 Å². The van der Waals surface area contributed by atoms with Gasteiger partial charge >= 0.3 is 0 Å². The summed E-state index contributed by atoms with van der Waals surface area (Å²) in [5.41, 5.74) is 1.22. The third kappa shape index (κ3) is 5.16. The minimum atomic E-state index is -3.28. The molecule has 0 aliphatic carbocycles. The number of hydrogen-bond donors (Lipinski definition) is 0. The highest BCUT2D eigenvalue weighted by Gasteiger charge is 2.32. The van der Waals surface area contributed by atoms with E-state index in [0.29, 0.717) is 43.4 Å². The molecule has 152 valence electrons. The third-order valence-corrected chi connectivity index (χ3v) is 7.31. The lowest BCUT2D eigenvalue weighted by Gasteiger charge is -2.31. The van der Waals surface area contributed by atoms with Gasteiger partial charge in [0.25, 0.3) is 5.91 Å².